The second-order valence-electron chi connectivity index (χ2n) is 5.92. The smallest absolute Gasteiger partial charge is 0.226 e. The monoisotopic (exact) mass is 305 g/mol. The molecule has 0 spiro atoms. The first-order valence-electron chi connectivity index (χ1n) is 7.50. The van der Waals surface area contributed by atoms with Crippen molar-refractivity contribution >= 4 is 22.2 Å². The molecule has 2 rings (SSSR count). The molecule has 0 aliphatic heterocycles. The van der Waals surface area contributed by atoms with Gasteiger partial charge in [0.2, 0.25) is 5.91 Å². The van der Waals surface area contributed by atoms with Crippen molar-refractivity contribution in [3.05, 3.63) is 16.0 Å². The largest absolute Gasteiger partial charge is 0.317 e. The van der Waals surface area contributed by atoms with E-state index in [0.717, 1.165) is 23.3 Å². The van der Waals surface area contributed by atoms with Crippen LogP contribution in [-0.4, -0.2) is 18.5 Å². The van der Waals surface area contributed by atoms with Crippen molar-refractivity contribution in [2.75, 3.05) is 12.4 Å². The zero-order valence-corrected chi connectivity index (χ0v) is 13.8. The predicted molar refractivity (Wildman–Crippen MR) is 86.6 cm³/mol. The number of aryl methyl sites for hydroxylation is 1. The number of carbonyl (C=O) groups excluding carboxylic acids is 1. The molecule has 1 amide bonds. The van der Waals surface area contributed by atoms with E-state index in [1.807, 2.05) is 20.9 Å². The molecule has 0 radical (unpaired) electrons. The van der Waals surface area contributed by atoms with Gasteiger partial charge >= 0.3 is 0 Å². The molecule has 1 saturated carbocycles. The Morgan fingerprint density at radius 2 is 2.00 bits per heavy atom. The first kappa shape index (κ1) is 16.0. The Bertz CT molecular complexity index is 565. The quantitative estimate of drug-likeness (QED) is 0.895. The fraction of sp³-hybridized carbons (Fsp3) is 0.625. The van der Waals surface area contributed by atoms with Crippen molar-refractivity contribution < 1.29 is 4.79 Å². The number of hydrogen-bond donors (Lipinski definition) is 2. The van der Waals surface area contributed by atoms with E-state index in [9.17, 15) is 10.1 Å². The highest BCUT2D eigenvalue weighted by molar-refractivity contribution is 7.16. The lowest BCUT2D eigenvalue weighted by atomic mass is 9.79. The van der Waals surface area contributed by atoms with Crippen LogP contribution in [0.2, 0.25) is 0 Å². The summed E-state index contributed by atoms with van der Waals surface area (Å²) in [6.07, 6.45) is 6.18. The van der Waals surface area contributed by atoms with Gasteiger partial charge in [0.05, 0.1) is 5.56 Å². The topological polar surface area (TPSA) is 64.9 Å². The molecule has 1 aliphatic rings. The van der Waals surface area contributed by atoms with Crippen LogP contribution in [0.1, 0.15) is 54.5 Å². The molecule has 4 nitrogen and oxygen atoms in total. The van der Waals surface area contributed by atoms with E-state index < -0.39 is 0 Å². The van der Waals surface area contributed by atoms with Gasteiger partial charge in [-0.2, -0.15) is 5.26 Å². The number of anilines is 1. The summed E-state index contributed by atoms with van der Waals surface area (Å²) in [7, 11) is 1.94. The maximum Gasteiger partial charge on any atom is 0.226 e. The van der Waals surface area contributed by atoms with Gasteiger partial charge in [-0.05, 0) is 39.3 Å². The highest BCUT2D eigenvalue weighted by Crippen LogP contribution is 2.34. The molecule has 0 aromatic carbocycles. The van der Waals surface area contributed by atoms with Crippen LogP contribution in [0.25, 0.3) is 0 Å². The molecule has 1 fully saturated rings. The lowest BCUT2D eigenvalue weighted by Crippen LogP contribution is -2.47. The van der Waals surface area contributed by atoms with Crippen LogP contribution in [-0.2, 0) is 4.79 Å². The summed E-state index contributed by atoms with van der Waals surface area (Å²) in [6, 6.07) is 2.20. The third kappa shape index (κ3) is 3.45. The van der Waals surface area contributed by atoms with E-state index in [2.05, 4.69) is 16.7 Å². The third-order valence-corrected chi connectivity index (χ3v) is 5.71. The molecule has 1 heterocycles. The standard InChI is InChI=1S/C16H23N3OS/c1-11-12(2)21-15(13(11)10-17)19-14(20)9-16(18-3)7-5-4-6-8-16/h18H,4-9H2,1-3H3,(H,19,20). The summed E-state index contributed by atoms with van der Waals surface area (Å²) in [5.74, 6) is 0.00370. The van der Waals surface area contributed by atoms with E-state index in [-0.39, 0.29) is 11.4 Å². The Labute approximate surface area is 130 Å². The minimum absolute atomic E-state index is 0.00370. The van der Waals surface area contributed by atoms with Crippen molar-refractivity contribution in [3.8, 4) is 6.07 Å². The Morgan fingerprint density at radius 1 is 1.33 bits per heavy atom. The Kier molecular flexibility index (Phi) is 5.02. The number of rotatable bonds is 4. The van der Waals surface area contributed by atoms with Crippen LogP contribution < -0.4 is 10.6 Å². The number of nitriles is 1. The van der Waals surface area contributed by atoms with Crippen molar-refractivity contribution in [1.82, 2.24) is 5.32 Å². The second kappa shape index (κ2) is 6.59. The molecule has 21 heavy (non-hydrogen) atoms. The number of carbonyl (C=O) groups is 1. The van der Waals surface area contributed by atoms with Crippen molar-refractivity contribution in [1.29, 1.82) is 5.26 Å². The Balaban J connectivity index is 2.08. The van der Waals surface area contributed by atoms with Crippen LogP contribution in [0.4, 0.5) is 5.00 Å². The number of amides is 1. The van der Waals surface area contributed by atoms with Gasteiger partial charge in [0.1, 0.15) is 11.1 Å². The van der Waals surface area contributed by atoms with Gasteiger partial charge in [-0.1, -0.05) is 19.3 Å². The van der Waals surface area contributed by atoms with E-state index in [1.165, 1.54) is 30.6 Å². The van der Waals surface area contributed by atoms with Gasteiger partial charge in [0.15, 0.2) is 0 Å². The van der Waals surface area contributed by atoms with Crippen molar-refractivity contribution in [2.45, 2.75) is 57.9 Å². The average Bonchev–Trinajstić information content (AvgIpc) is 2.74. The molecule has 0 bridgehead atoms. The maximum absolute atomic E-state index is 12.4. The molecular weight excluding hydrogens is 282 g/mol. The number of nitrogens with one attached hydrogen (secondary N) is 2. The zero-order chi connectivity index (χ0) is 15.5. The van der Waals surface area contributed by atoms with E-state index >= 15 is 0 Å². The van der Waals surface area contributed by atoms with Crippen molar-refractivity contribution in [2.24, 2.45) is 0 Å². The van der Waals surface area contributed by atoms with Crippen LogP contribution in [0.5, 0.6) is 0 Å². The lowest BCUT2D eigenvalue weighted by Gasteiger charge is -2.36. The summed E-state index contributed by atoms with van der Waals surface area (Å²) in [5, 5.41) is 16.2. The SMILES string of the molecule is CNC1(CC(=O)Nc2sc(C)c(C)c2C#N)CCCCC1. The number of nitrogens with zero attached hydrogens (tertiary/aromatic N) is 1. The highest BCUT2D eigenvalue weighted by Gasteiger charge is 2.32. The van der Waals surface area contributed by atoms with E-state index in [0.29, 0.717) is 17.0 Å². The van der Waals surface area contributed by atoms with Crippen LogP contribution >= 0.6 is 11.3 Å². The molecule has 114 valence electrons. The normalized spacial score (nSPS) is 17.2. The van der Waals surface area contributed by atoms with Gasteiger partial charge in [0, 0.05) is 16.8 Å². The van der Waals surface area contributed by atoms with Gasteiger partial charge < -0.3 is 10.6 Å². The first-order valence-corrected chi connectivity index (χ1v) is 8.32. The van der Waals surface area contributed by atoms with Gasteiger partial charge in [-0.25, -0.2) is 0 Å². The van der Waals surface area contributed by atoms with Gasteiger partial charge in [-0.15, -0.1) is 11.3 Å². The Morgan fingerprint density at radius 3 is 2.57 bits per heavy atom. The highest BCUT2D eigenvalue weighted by atomic mass is 32.1. The fourth-order valence-electron chi connectivity index (χ4n) is 3.07. The summed E-state index contributed by atoms with van der Waals surface area (Å²) in [5.41, 5.74) is 1.50. The Hall–Kier alpha value is -1.38. The number of thiophene rings is 1. The molecule has 1 aromatic heterocycles. The van der Waals surface area contributed by atoms with Crippen molar-refractivity contribution in [3.63, 3.8) is 0 Å². The second-order valence-corrected chi connectivity index (χ2v) is 7.14. The first-order chi connectivity index (χ1) is 10.0. The van der Waals surface area contributed by atoms with Crippen LogP contribution in [0, 0.1) is 25.2 Å². The molecular formula is C16H23N3OS. The molecule has 1 aromatic rings. The molecule has 0 atom stereocenters. The molecule has 1 aliphatic carbocycles. The number of hydrogen-bond acceptors (Lipinski definition) is 4. The maximum atomic E-state index is 12.4. The molecule has 5 heteroatoms. The van der Waals surface area contributed by atoms with E-state index in [1.54, 1.807) is 0 Å². The van der Waals surface area contributed by atoms with Crippen LogP contribution in [0.15, 0.2) is 0 Å². The van der Waals surface area contributed by atoms with Gasteiger partial charge in [0.25, 0.3) is 0 Å². The third-order valence-electron chi connectivity index (χ3n) is 4.59. The zero-order valence-electron chi connectivity index (χ0n) is 13.0. The molecule has 0 unspecified atom stereocenters. The molecule has 2 N–H and O–H groups in total. The minimum Gasteiger partial charge on any atom is -0.317 e. The minimum atomic E-state index is -0.0729. The summed E-state index contributed by atoms with van der Waals surface area (Å²) < 4.78 is 0. The fourth-order valence-corrected chi connectivity index (χ4v) is 4.10. The predicted octanol–water partition coefficient (Wildman–Crippen LogP) is 3.49. The summed E-state index contributed by atoms with van der Waals surface area (Å²) >= 11 is 1.49. The summed E-state index contributed by atoms with van der Waals surface area (Å²) in [4.78, 5) is 13.5. The van der Waals surface area contributed by atoms with Crippen LogP contribution in [0.3, 0.4) is 0 Å². The average molecular weight is 305 g/mol. The summed E-state index contributed by atoms with van der Waals surface area (Å²) in [6.45, 7) is 3.91. The lowest BCUT2D eigenvalue weighted by molar-refractivity contribution is -0.117. The van der Waals surface area contributed by atoms with E-state index in [4.69, 9.17) is 0 Å². The molecule has 0 saturated heterocycles. The van der Waals surface area contributed by atoms with Gasteiger partial charge in [-0.3, -0.25) is 4.79 Å².